The molecule has 1 aromatic rings. The lowest BCUT2D eigenvalue weighted by Crippen LogP contribution is -2.43. The van der Waals surface area contributed by atoms with Crippen LogP contribution in [-0.4, -0.2) is 42.6 Å². The molecule has 0 radical (unpaired) electrons. The molecule has 2 heterocycles. The van der Waals surface area contributed by atoms with Gasteiger partial charge in [-0.15, -0.1) is 0 Å². The fourth-order valence-corrected chi connectivity index (χ4v) is 2.77. The number of likely N-dealkylation sites (tertiary alicyclic amines) is 1. The first-order valence-corrected chi connectivity index (χ1v) is 6.81. The van der Waals surface area contributed by atoms with Crippen molar-refractivity contribution in [2.45, 2.75) is 31.1 Å². The van der Waals surface area contributed by atoms with E-state index in [1.54, 1.807) is 4.90 Å². The van der Waals surface area contributed by atoms with Gasteiger partial charge in [0.25, 0.3) is 5.91 Å². The number of benzene rings is 1. The predicted octanol–water partition coefficient (Wildman–Crippen LogP) is 1.29. The van der Waals surface area contributed by atoms with Crippen molar-refractivity contribution in [3.05, 3.63) is 35.9 Å². The maximum absolute atomic E-state index is 12.4. The van der Waals surface area contributed by atoms with E-state index in [4.69, 9.17) is 9.47 Å². The van der Waals surface area contributed by atoms with Crippen LogP contribution in [0.15, 0.2) is 30.3 Å². The van der Waals surface area contributed by atoms with E-state index in [0.29, 0.717) is 13.0 Å². The van der Waals surface area contributed by atoms with Crippen LogP contribution in [0, 0.1) is 0 Å². The highest BCUT2D eigenvalue weighted by atomic mass is 16.6. The summed E-state index contributed by atoms with van der Waals surface area (Å²) in [4.78, 5) is 25.7. The van der Waals surface area contributed by atoms with Crippen molar-refractivity contribution in [1.29, 1.82) is 0 Å². The van der Waals surface area contributed by atoms with E-state index in [1.165, 1.54) is 7.11 Å². The van der Waals surface area contributed by atoms with Crippen LogP contribution in [0.2, 0.25) is 0 Å². The van der Waals surface area contributed by atoms with Crippen molar-refractivity contribution in [2.24, 2.45) is 0 Å². The lowest BCUT2D eigenvalue weighted by Gasteiger charge is -2.21. The fourth-order valence-electron chi connectivity index (χ4n) is 2.77. The van der Waals surface area contributed by atoms with Gasteiger partial charge in [-0.2, -0.15) is 0 Å². The highest BCUT2D eigenvalue weighted by Gasteiger charge is 2.50. The Morgan fingerprint density at radius 1 is 1.30 bits per heavy atom. The summed E-state index contributed by atoms with van der Waals surface area (Å²) in [5.41, 5.74) is 1.000. The molecule has 3 atom stereocenters. The normalized spacial score (nSPS) is 28.2. The minimum absolute atomic E-state index is 0.105. The molecule has 2 fully saturated rings. The fraction of sp³-hybridized carbons (Fsp3) is 0.467. The monoisotopic (exact) mass is 275 g/mol. The van der Waals surface area contributed by atoms with Gasteiger partial charge < -0.3 is 14.4 Å². The zero-order chi connectivity index (χ0) is 14.1. The standard InChI is InChI=1S/C15H17NO4/c1-19-15(18)11-8-5-9-16(11)14(17)13-12(20-13)10-6-3-2-4-7-10/h2-4,6-7,11-13H,5,8-9H2,1H3/t11-,12?,13?/m1/s1. The SMILES string of the molecule is COC(=O)[C@H]1CCCN1C(=O)C1OC1c1ccccc1. The van der Waals surface area contributed by atoms with E-state index in [2.05, 4.69) is 0 Å². The average Bonchev–Trinajstić information content (AvgIpc) is 3.15. The van der Waals surface area contributed by atoms with Crippen molar-refractivity contribution in [3.8, 4) is 0 Å². The molecule has 0 N–H and O–H groups in total. The average molecular weight is 275 g/mol. The Balaban J connectivity index is 1.67. The number of rotatable bonds is 3. The Bertz CT molecular complexity index is 516. The van der Waals surface area contributed by atoms with Crippen LogP contribution in [-0.2, 0) is 19.1 Å². The molecule has 0 aromatic heterocycles. The van der Waals surface area contributed by atoms with Crippen LogP contribution in [0.3, 0.4) is 0 Å². The largest absolute Gasteiger partial charge is 0.467 e. The molecule has 0 aliphatic carbocycles. The van der Waals surface area contributed by atoms with Crippen LogP contribution >= 0.6 is 0 Å². The lowest BCUT2D eigenvalue weighted by atomic mass is 10.1. The molecule has 5 heteroatoms. The Morgan fingerprint density at radius 2 is 2.05 bits per heavy atom. The molecule has 2 aliphatic heterocycles. The predicted molar refractivity (Wildman–Crippen MR) is 70.8 cm³/mol. The molecule has 5 nitrogen and oxygen atoms in total. The maximum atomic E-state index is 12.4. The van der Waals surface area contributed by atoms with Crippen molar-refractivity contribution < 1.29 is 19.1 Å². The zero-order valence-corrected chi connectivity index (χ0v) is 11.3. The third kappa shape index (κ3) is 2.29. The first-order valence-electron chi connectivity index (χ1n) is 6.81. The van der Waals surface area contributed by atoms with Gasteiger partial charge >= 0.3 is 5.97 Å². The number of methoxy groups -OCH3 is 1. The Morgan fingerprint density at radius 3 is 2.75 bits per heavy atom. The number of hydrogen-bond acceptors (Lipinski definition) is 4. The Labute approximate surface area is 117 Å². The van der Waals surface area contributed by atoms with E-state index in [-0.39, 0.29) is 18.0 Å². The highest BCUT2D eigenvalue weighted by molar-refractivity contribution is 5.89. The van der Waals surface area contributed by atoms with Gasteiger partial charge in [-0.05, 0) is 18.4 Å². The summed E-state index contributed by atoms with van der Waals surface area (Å²) in [5.74, 6) is -0.445. The smallest absolute Gasteiger partial charge is 0.328 e. The van der Waals surface area contributed by atoms with Crippen LogP contribution in [0.1, 0.15) is 24.5 Å². The number of epoxide rings is 1. The first kappa shape index (κ1) is 13.1. The van der Waals surface area contributed by atoms with Crippen molar-refractivity contribution in [2.75, 3.05) is 13.7 Å². The number of carbonyl (C=O) groups is 2. The van der Waals surface area contributed by atoms with Gasteiger partial charge in [-0.25, -0.2) is 4.79 Å². The number of hydrogen-bond donors (Lipinski definition) is 0. The van der Waals surface area contributed by atoms with Crippen LogP contribution in [0.5, 0.6) is 0 Å². The zero-order valence-electron chi connectivity index (χ0n) is 11.3. The summed E-state index contributed by atoms with van der Waals surface area (Å²) < 4.78 is 10.2. The second kappa shape index (κ2) is 5.25. The molecule has 2 aliphatic rings. The molecule has 0 saturated carbocycles. The number of amides is 1. The van der Waals surface area contributed by atoms with Crippen LogP contribution < -0.4 is 0 Å². The van der Waals surface area contributed by atoms with Crippen molar-refractivity contribution >= 4 is 11.9 Å². The molecule has 1 aromatic carbocycles. The van der Waals surface area contributed by atoms with Gasteiger partial charge in [0.1, 0.15) is 12.1 Å². The summed E-state index contributed by atoms with van der Waals surface area (Å²) in [6.45, 7) is 0.597. The quantitative estimate of drug-likeness (QED) is 0.616. The van der Waals surface area contributed by atoms with E-state index < -0.39 is 12.1 Å². The summed E-state index contributed by atoms with van der Waals surface area (Å²) >= 11 is 0. The summed E-state index contributed by atoms with van der Waals surface area (Å²) in [7, 11) is 1.35. The molecule has 0 spiro atoms. The van der Waals surface area contributed by atoms with Crippen molar-refractivity contribution in [3.63, 3.8) is 0 Å². The molecule has 3 rings (SSSR count). The molecule has 2 unspecified atom stereocenters. The number of esters is 1. The van der Waals surface area contributed by atoms with Crippen molar-refractivity contribution in [1.82, 2.24) is 4.90 Å². The van der Waals surface area contributed by atoms with Gasteiger partial charge in [0.05, 0.1) is 7.11 Å². The van der Waals surface area contributed by atoms with Gasteiger partial charge in [-0.1, -0.05) is 30.3 Å². The third-order valence-electron chi connectivity index (χ3n) is 3.87. The van der Waals surface area contributed by atoms with E-state index in [1.807, 2.05) is 30.3 Å². The molecule has 20 heavy (non-hydrogen) atoms. The summed E-state index contributed by atoms with van der Waals surface area (Å²) in [5, 5.41) is 0. The topological polar surface area (TPSA) is 59.1 Å². The third-order valence-corrected chi connectivity index (χ3v) is 3.87. The first-order chi connectivity index (χ1) is 9.72. The van der Waals surface area contributed by atoms with Crippen LogP contribution in [0.25, 0.3) is 0 Å². The summed E-state index contributed by atoms with van der Waals surface area (Å²) in [6.07, 6.45) is 0.861. The number of ether oxygens (including phenoxy) is 2. The molecular weight excluding hydrogens is 258 g/mol. The lowest BCUT2D eigenvalue weighted by molar-refractivity contribution is -0.151. The Hall–Kier alpha value is -1.88. The summed E-state index contributed by atoms with van der Waals surface area (Å²) in [6, 6.07) is 9.21. The van der Waals surface area contributed by atoms with E-state index in [0.717, 1.165) is 12.0 Å². The van der Waals surface area contributed by atoms with Gasteiger partial charge in [0.2, 0.25) is 0 Å². The highest BCUT2D eigenvalue weighted by Crippen LogP contribution is 2.40. The number of carbonyl (C=O) groups excluding carboxylic acids is 2. The maximum Gasteiger partial charge on any atom is 0.328 e. The van der Waals surface area contributed by atoms with E-state index in [9.17, 15) is 9.59 Å². The molecule has 2 saturated heterocycles. The van der Waals surface area contributed by atoms with E-state index >= 15 is 0 Å². The van der Waals surface area contributed by atoms with Gasteiger partial charge in [-0.3, -0.25) is 4.79 Å². The Kier molecular flexibility index (Phi) is 3.44. The molecule has 1 amide bonds. The second-order valence-corrected chi connectivity index (χ2v) is 5.10. The number of nitrogens with zero attached hydrogens (tertiary/aromatic N) is 1. The van der Waals surface area contributed by atoms with Gasteiger partial charge in [0, 0.05) is 6.54 Å². The van der Waals surface area contributed by atoms with Crippen LogP contribution in [0.4, 0.5) is 0 Å². The molecule has 0 bridgehead atoms. The minimum atomic E-state index is -0.456. The van der Waals surface area contributed by atoms with Gasteiger partial charge in [0.15, 0.2) is 6.10 Å². The molecular formula is C15H17NO4. The minimum Gasteiger partial charge on any atom is -0.467 e. The molecule has 106 valence electrons. The second-order valence-electron chi connectivity index (χ2n) is 5.10.